The highest BCUT2D eigenvalue weighted by Gasteiger charge is 2.24. The Morgan fingerprint density at radius 3 is 1.94 bits per heavy atom. The number of likely N-dealkylation sites (N-methyl/N-ethyl adjacent to an activating group) is 1. The van der Waals surface area contributed by atoms with Gasteiger partial charge in [-0.3, -0.25) is 0 Å². The van der Waals surface area contributed by atoms with Gasteiger partial charge in [-0.2, -0.15) is 0 Å². The second-order valence-corrected chi connectivity index (χ2v) is 6.14. The predicted molar refractivity (Wildman–Crippen MR) is 76.3 cm³/mol. The van der Waals surface area contributed by atoms with Gasteiger partial charge in [0, 0.05) is 0 Å². The normalized spacial score (nSPS) is 15.9. The minimum absolute atomic E-state index is 0.000369. The molecule has 2 nitrogen and oxygen atoms in total. The summed E-state index contributed by atoms with van der Waals surface area (Å²) in [5, 5.41) is 0. The standard InChI is InChI=1S/C15H34NO/c1-7-10-12-16(9-3,11-8-2)13-14-17-15(4,5)6/h7-14H2,1-6H3/q+1. The summed E-state index contributed by atoms with van der Waals surface area (Å²) in [6.07, 6.45) is 3.90. The van der Waals surface area contributed by atoms with Crippen LogP contribution in [0.1, 0.15) is 60.8 Å². The van der Waals surface area contributed by atoms with E-state index in [2.05, 4.69) is 41.5 Å². The van der Waals surface area contributed by atoms with Crippen molar-refractivity contribution >= 4 is 0 Å². The van der Waals surface area contributed by atoms with E-state index < -0.39 is 0 Å². The first-order valence-electron chi connectivity index (χ1n) is 7.38. The van der Waals surface area contributed by atoms with E-state index in [4.69, 9.17) is 4.74 Å². The molecule has 0 spiro atoms. The van der Waals surface area contributed by atoms with E-state index in [1.165, 1.54) is 49.9 Å². The summed E-state index contributed by atoms with van der Waals surface area (Å²) in [6, 6.07) is 0. The summed E-state index contributed by atoms with van der Waals surface area (Å²) in [7, 11) is 0. The van der Waals surface area contributed by atoms with Gasteiger partial charge in [0.25, 0.3) is 0 Å². The number of hydrogen-bond donors (Lipinski definition) is 0. The molecule has 0 aromatic heterocycles. The Bertz CT molecular complexity index is 186. The van der Waals surface area contributed by atoms with E-state index in [0.29, 0.717) is 0 Å². The molecule has 0 radical (unpaired) electrons. The van der Waals surface area contributed by atoms with Gasteiger partial charge in [0.1, 0.15) is 6.54 Å². The maximum atomic E-state index is 5.90. The number of hydrogen-bond acceptors (Lipinski definition) is 1. The molecule has 0 fully saturated rings. The van der Waals surface area contributed by atoms with Gasteiger partial charge in [0.2, 0.25) is 0 Å². The number of rotatable bonds is 9. The number of nitrogens with zero attached hydrogens (tertiary/aromatic N) is 1. The van der Waals surface area contributed by atoms with E-state index in [0.717, 1.165) is 6.61 Å². The molecule has 0 heterocycles. The third-order valence-corrected chi connectivity index (χ3v) is 3.46. The fourth-order valence-corrected chi connectivity index (χ4v) is 2.32. The van der Waals surface area contributed by atoms with E-state index in [-0.39, 0.29) is 5.60 Å². The Morgan fingerprint density at radius 1 is 0.882 bits per heavy atom. The zero-order chi connectivity index (χ0) is 13.4. The summed E-state index contributed by atoms with van der Waals surface area (Å²) in [5.41, 5.74) is 0.000369. The Labute approximate surface area is 109 Å². The SMILES string of the molecule is CCCC[N+](CC)(CCC)CCOC(C)(C)C. The van der Waals surface area contributed by atoms with Crippen LogP contribution >= 0.6 is 0 Å². The topological polar surface area (TPSA) is 9.23 Å². The van der Waals surface area contributed by atoms with Crippen molar-refractivity contribution in [2.45, 2.75) is 66.4 Å². The third kappa shape index (κ3) is 7.77. The summed E-state index contributed by atoms with van der Waals surface area (Å²) < 4.78 is 7.13. The first-order chi connectivity index (χ1) is 7.89. The predicted octanol–water partition coefficient (Wildman–Crippen LogP) is 3.85. The van der Waals surface area contributed by atoms with Gasteiger partial charge >= 0.3 is 0 Å². The van der Waals surface area contributed by atoms with Crippen molar-refractivity contribution in [2.24, 2.45) is 0 Å². The van der Waals surface area contributed by atoms with Crippen LogP contribution < -0.4 is 0 Å². The average molecular weight is 244 g/mol. The highest BCUT2D eigenvalue weighted by molar-refractivity contribution is 4.58. The van der Waals surface area contributed by atoms with Crippen LogP contribution in [-0.2, 0) is 4.74 Å². The molecule has 2 heteroatoms. The van der Waals surface area contributed by atoms with Crippen molar-refractivity contribution in [1.29, 1.82) is 0 Å². The smallest absolute Gasteiger partial charge is 0.102 e. The molecule has 0 aromatic rings. The number of unbranched alkanes of at least 4 members (excludes halogenated alkanes) is 1. The van der Waals surface area contributed by atoms with Crippen molar-refractivity contribution in [3.63, 3.8) is 0 Å². The van der Waals surface area contributed by atoms with Crippen LogP contribution in [0.25, 0.3) is 0 Å². The molecule has 0 rings (SSSR count). The van der Waals surface area contributed by atoms with Gasteiger partial charge < -0.3 is 9.22 Å². The highest BCUT2D eigenvalue weighted by Crippen LogP contribution is 2.13. The molecule has 0 aromatic carbocycles. The van der Waals surface area contributed by atoms with Crippen molar-refractivity contribution in [3.8, 4) is 0 Å². The molecule has 1 atom stereocenters. The van der Waals surface area contributed by atoms with Crippen molar-refractivity contribution < 1.29 is 9.22 Å². The van der Waals surface area contributed by atoms with Gasteiger partial charge in [-0.25, -0.2) is 0 Å². The van der Waals surface area contributed by atoms with Crippen LogP contribution in [0, 0.1) is 0 Å². The lowest BCUT2D eigenvalue weighted by Crippen LogP contribution is -2.51. The van der Waals surface area contributed by atoms with Crippen molar-refractivity contribution in [2.75, 3.05) is 32.8 Å². The molecule has 0 aliphatic rings. The number of quaternary nitrogens is 1. The molecule has 17 heavy (non-hydrogen) atoms. The Hall–Kier alpha value is -0.0800. The molecule has 0 N–H and O–H groups in total. The summed E-state index contributed by atoms with van der Waals surface area (Å²) in [6.45, 7) is 19.2. The molecule has 0 saturated carbocycles. The van der Waals surface area contributed by atoms with Crippen molar-refractivity contribution in [3.05, 3.63) is 0 Å². The summed E-state index contributed by atoms with van der Waals surface area (Å²) in [4.78, 5) is 0. The molecule has 0 saturated heterocycles. The van der Waals surface area contributed by atoms with E-state index in [1.807, 2.05) is 0 Å². The zero-order valence-electron chi connectivity index (χ0n) is 13.0. The fraction of sp³-hybridized carbons (Fsp3) is 1.00. The molecule has 1 unspecified atom stereocenters. The zero-order valence-corrected chi connectivity index (χ0v) is 13.0. The van der Waals surface area contributed by atoms with Gasteiger partial charge in [-0.05, 0) is 40.5 Å². The van der Waals surface area contributed by atoms with Crippen LogP contribution in [0.3, 0.4) is 0 Å². The van der Waals surface area contributed by atoms with Gasteiger partial charge in [-0.1, -0.05) is 20.3 Å². The van der Waals surface area contributed by atoms with Gasteiger partial charge in [-0.15, -0.1) is 0 Å². The number of ether oxygens (including phenoxy) is 1. The highest BCUT2D eigenvalue weighted by atomic mass is 16.5. The third-order valence-electron chi connectivity index (χ3n) is 3.46. The van der Waals surface area contributed by atoms with Gasteiger partial charge in [0.15, 0.2) is 0 Å². The second-order valence-electron chi connectivity index (χ2n) is 6.14. The Kier molecular flexibility index (Phi) is 8.06. The first kappa shape index (κ1) is 16.9. The van der Waals surface area contributed by atoms with Crippen LogP contribution in [-0.4, -0.2) is 42.9 Å². The molecule has 0 aliphatic carbocycles. The lowest BCUT2D eigenvalue weighted by atomic mass is 10.2. The van der Waals surface area contributed by atoms with E-state index >= 15 is 0 Å². The maximum Gasteiger partial charge on any atom is 0.102 e. The summed E-state index contributed by atoms with van der Waals surface area (Å²) in [5.74, 6) is 0. The largest absolute Gasteiger partial charge is 0.370 e. The summed E-state index contributed by atoms with van der Waals surface area (Å²) >= 11 is 0. The molecule has 104 valence electrons. The first-order valence-corrected chi connectivity index (χ1v) is 7.38. The van der Waals surface area contributed by atoms with Crippen LogP contribution in [0.4, 0.5) is 0 Å². The average Bonchev–Trinajstić information content (AvgIpc) is 2.24. The minimum Gasteiger partial charge on any atom is -0.370 e. The van der Waals surface area contributed by atoms with E-state index in [9.17, 15) is 0 Å². The van der Waals surface area contributed by atoms with E-state index in [1.54, 1.807) is 0 Å². The Morgan fingerprint density at radius 2 is 1.53 bits per heavy atom. The van der Waals surface area contributed by atoms with Crippen LogP contribution in [0.2, 0.25) is 0 Å². The second kappa shape index (κ2) is 8.10. The minimum atomic E-state index is 0.000369. The Balaban J connectivity index is 4.25. The molecular formula is C15H34NO+. The van der Waals surface area contributed by atoms with Crippen LogP contribution in [0.15, 0.2) is 0 Å². The van der Waals surface area contributed by atoms with Crippen LogP contribution in [0.5, 0.6) is 0 Å². The fourth-order valence-electron chi connectivity index (χ4n) is 2.32. The lowest BCUT2D eigenvalue weighted by Gasteiger charge is -2.38. The van der Waals surface area contributed by atoms with Gasteiger partial charge in [0.05, 0.1) is 31.8 Å². The molecule has 0 amide bonds. The molecule has 0 aliphatic heterocycles. The monoisotopic (exact) mass is 244 g/mol. The lowest BCUT2D eigenvalue weighted by molar-refractivity contribution is -0.927. The maximum absolute atomic E-state index is 5.90. The molecule has 0 bridgehead atoms. The van der Waals surface area contributed by atoms with Crippen molar-refractivity contribution in [1.82, 2.24) is 0 Å². The quantitative estimate of drug-likeness (QED) is 0.560. The molecular weight excluding hydrogens is 210 g/mol.